The number of carbonyl (C=O) groups excluding carboxylic acids is 1. The van der Waals surface area contributed by atoms with Gasteiger partial charge in [-0.3, -0.25) is 9.48 Å². The van der Waals surface area contributed by atoms with E-state index >= 15 is 0 Å². The standard InChI is InChI=1S/C13H12F2N2O/c1-7-12(8(2)17(3)16-7)13(18)9-4-10(14)6-11(15)5-9/h4-6H,1-3H3. The number of aromatic nitrogens is 2. The molecule has 0 amide bonds. The SMILES string of the molecule is Cc1nn(C)c(C)c1C(=O)c1cc(F)cc(F)c1. The Morgan fingerprint density at radius 2 is 1.72 bits per heavy atom. The summed E-state index contributed by atoms with van der Waals surface area (Å²) in [6, 6.07) is 2.79. The van der Waals surface area contributed by atoms with Crippen LogP contribution in [-0.2, 0) is 7.05 Å². The molecule has 0 bridgehead atoms. The molecule has 94 valence electrons. The van der Waals surface area contributed by atoms with E-state index in [-0.39, 0.29) is 5.56 Å². The lowest BCUT2D eigenvalue weighted by molar-refractivity contribution is 0.103. The van der Waals surface area contributed by atoms with Crippen molar-refractivity contribution in [2.75, 3.05) is 0 Å². The Labute approximate surface area is 103 Å². The first-order valence-electron chi connectivity index (χ1n) is 5.41. The Bertz CT molecular complexity index is 612. The molecule has 0 aliphatic rings. The van der Waals surface area contributed by atoms with Crippen LogP contribution < -0.4 is 0 Å². The number of hydrogen-bond acceptors (Lipinski definition) is 2. The van der Waals surface area contributed by atoms with E-state index in [0.717, 1.165) is 18.2 Å². The Kier molecular flexibility index (Phi) is 2.98. The molecule has 0 fully saturated rings. The average Bonchev–Trinajstić information content (AvgIpc) is 2.51. The molecule has 0 radical (unpaired) electrons. The lowest BCUT2D eigenvalue weighted by atomic mass is 10.0. The first-order valence-corrected chi connectivity index (χ1v) is 5.41. The molecular weight excluding hydrogens is 238 g/mol. The Morgan fingerprint density at radius 1 is 1.17 bits per heavy atom. The average molecular weight is 250 g/mol. The van der Waals surface area contributed by atoms with Crippen molar-refractivity contribution in [1.82, 2.24) is 9.78 Å². The van der Waals surface area contributed by atoms with Gasteiger partial charge in [0.25, 0.3) is 0 Å². The zero-order chi connectivity index (χ0) is 13.4. The highest BCUT2D eigenvalue weighted by Crippen LogP contribution is 2.18. The zero-order valence-corrected chi connectivity index (χ0v) is 10.3. The Morgan fingerprint density at radius 3 is 2.17 bits per heavy atom. The van der Waals surface area contributed by atoms with Crippen molar-refractivity contribution >= 4 is 5.78 Å². The smallest absolute Gasteiger partial charge is 0.196 e. The first-order chi connectivity index (χ1) is 8.40. The first kappa shape index (κ1) is 12.4. The van der Waals surface area contributed by atoms with E-state index < -0.39 is 17.4 Å². The van der Waals surface area contributed by atoms with Crippen LogP contribution in [-0.4, -0.2) is 15.6 Å². The minimum absolute atomic E-state index is 0.00769. The molecule has 1 aromatic heterocycles. The summed E-state index contributed by atoms with van der Waals surface area (Å²) in [4.78, 5) is 12.2. The van der Waals surface area contributed by atoms with Gasteiger partial charge in [0.1, 0.15) is 11.6 Å². The van der Waals surface area contributed by atoms with Crippen LogP contribution in [0.4, 0.5) is 8.78 Å². The summed E-state index contributed by atoms with van der Waals surface area (Å²) >= 11 is 0. The number of ketones is 1. The van der Waals surface area contributed by atoms with Crippen molar-refractivity contribution in [3.63, 3.8) is 0 Å². The van der Waals surface area contributed by atoms with E-state index in [1.807, 2.05) is 0 Å². The van der Waals surface area contributed by atoms with E-state index in [9.17, 15) is 13.6 Å². The fourth-order valence-corrected chi connectivity index (χ4v) is 1.93. The van der Waals surface area contributed by atoms with Gasteiger partial charge in [-0.15, -0.1) is 0 Å². The predicted molar refractivity (Wildman–Crippen MR) is 62.5 cm³/mol. The van der Waals surface area contributed by atoms with Crippen molar-refractivity contribution in [3.8, 4) is 0 Å². The third-order valence-corrected chi connectivity index (χ3v) is 2.86. The maximum atomic E-state index is 13.1. The number of benzene rings is 1. The molecule has 18 heavy (non-hydrogen) atoms. The zero-order valence-electron chi connectivity index (χ0n) is 10.3. The molecule has 3 nitrogen and oxygen atoms in total. The van der Waals surface area contributed by atoms with Crippen molar-refractivity contribution in [2.45, 2.75) is 13.8 Å². The van der Waals surface area contributed by atoms with Crippen LogP contribution in [0.1, 0.15) is 27.3 Å². The number of aryl methyl sites for hydroxylation is 2. The number of carbonyl (C=O) groups is 1. The van der Waals surface area contributed by atoms with E-state index in [1.165, 1.54) is 0 Å². The molecule has 0 aliphatic heterocycles. The molecule has 0 saturated heterocycles. The topological polar surface area (TPSA) is 34.9 Å². The summed E-state index contributed by atoms with van der Waals surface area (Å²) in [7, 11) is 1.71. The molecule has 2 aromatic rings. The third-order valence-electron chi connectivity index (χ3n) is 2.86. The van der Waals surface area contributed by atoms with Gasteiger partial charge in [0.15, 0.2) is 5.78 Å². The summed E-state index contributed by atoms with van der Waals surface area (Å²) in [5.74, 6) is -1.95. The molecule has 1 heterocycles. The van der Waals surface area contributed by atoms with Gasteiger partial charge in [-0.25, -0.2) is 8.78 Å². The molecule has 0 spiro atoms. The quantitative estimate of drug-likeness (QED) is 0.768. The van der Waals surface area contributed by atoms with Gasteiger partial charge in [-0.1, -0.05) is 0 Å². The third kappa shape index (κ3) is 2.03. The van der Waals surface area contributed by atoms with Crippen LogP contribution in [0.25, 0.3) is 0 Å². The second-order valence-corrected chi connectivity index (χ2v) is 4.16. The van der Waals surface area contributed by atoms with Crippen LogP contribution in [0.15, 0.2) is 18.2 Å². The maximum absolute atomic E-state index is 13.1. The fraction of sp³-hybridized carbons (Fsp3) is 0.231. The summed E-state index contributed by atoms with van der Waals surface area (Å²) in [6.45, 7) is 3.43. The molecule has 1 aromatic carbocycles. The van der Waals surface area contributed by atoms with Crippen molar-refractivity contribution < 1.29 is 13.6 Å². The van der Waals surface area contributed by atoms with Crippen molar-refractivity contribution in [1.29, 1.82) is 0 Å². The van der Waals surface area contributed by atoms with E-state index in [4.69, 9.17) is 0 Å². The molecular formula is C13H12F2N2O. The monoisotopic (exact) mass is 250 g/mol. The molecule has 0 atom stereocenters. The predicted octanol–water partition coefficient (Wildman–Crippen LogP) is 2.55. The number of nitrogens with zero attached hydrogens (tertiary/aromatic N) is 2. The lowest BCUT2D eigenvalue weighted by Gasteiger charge is -2.02. The van der Waals surface area contributed by atoms with Gasteiger partial charge in [0.05, 0.1) is 11.3 Å². The number of hydrogen-bond donors (Lipinski definition) is 0. The summed E-state index contributed by atoms with van der Waals surface area (Å²) < 4.78 is 27.8. The van der Waals surface area contributed by atoms with E-state index in [0.29, 0.717) is 17.0 Å². The highest BCUT2D eigenvalue weighted by atomic mass is 19.1. The number of rotatable bonds is 2. The van der Waals surface area contributed by atoms with Crippen molar-refractivity contribution in [2.24, 2.45) is 7.05 Å². The summed E-state index contributed by atoms with van der Waals surface area (Å²) in [6.07, 6.45) is 0. The van der Waals surface area contributed by atoms with E-state index in [1.54, 1.807) is 25.6 Å². The lowest BCUT2D eigenvalue weighted by Crippen LogP contribution is -2.06. The molecule has 5 heteroatoms. The van der Waals surface area contributed by atoms with Crippen LogP contribution in [0.3, 0.4) is 0 Å². The molecule has 0 saturated carbocycles. The molecule has 0 N–H and O–H groups in total. The van der Waals surface area contributed by atoms with Crippen molar-refractivity contribution in [3.05, 3.63) is 52.3 Å². The maximum Gasteiger partial charge on any atom is 0.196 e. The Hall–Kier alpha value is -2.04. The van der Waals surface area contributed by atoms with Gasteiger partial charge < -0.3 is 0 Å². The normalized spacial score (nSPS) is 10.7. The number of halogens is 2. The van der Waals surface area contributed by atoms with Gasteiger partial charge in [-0.05, 0) is 26.0 Å². The second-order valence-electron chi connectivity index (χ2n) is 4.16. The van der Waals surface area contributed by atoms with Crippen LogP contribution in [0, 0.1) is 25.5 Å². The van der Waals surface area contributed by atoms with E-state index in [2.05, 4.69) is 5.10 Å². The van der Waals surface area contributed by atoms with Gasteiger partial charge in [0, 0.05) is 24.4 Å². The Balaban J connectivity index is 2.54. The fourth-order valence-electron chi connectivity index (χ4n) is 1.93. The van der Waals surface area contributed by atoms with Crippen LogP contribution in [0.5, 0.6) is 0 Å². The largest absolute Gasteiger partial charge is 0.288 e. The molecule has 2 rings (SSSR count). The van der Waals surface area contributed by atoms with Crippen LogP contribution in [0.2, 0.25) is 0 Å². The highest BCUT2D eigenvalue weighted by molar-refractivity contribution is 6.10. The van der Waals surface area contributed by atoms with Gasteiger partial charge >= 0.3 is 0 Å². The van der Waals surface area contributed by atoms with Gasteiger partial charge in [-0.2, -0.15) is 5.10 Å². The van der Waals surface area contributed by atoms with Crippen LogP contribution >= 0.6 is 0 Å². The second kappa shape index (κ2) is 4.33. The van der Waals surface area contributed by atoms with Gasteiger partial charge in [0.2, 0.25) is 0 Å². The minimum atomic E-state index is -0.766. The molecule has 0 unspecified atom stereocenters. The summed E-state index contributed by atoms with van der Waals surface area (Å²) in [5, 5.41) is 4.11. The highest BCUT2D eigenvalue weighted by Gasteiger charge is 2.19. The summed E-state index contributed by atoms with van der Waals surface area (Å²) in [5.41, 5.74) is 1.60. The molecule has 0 aliphatic carbocycles. The minimum Gasteiger partial charge on any atom is -0.288 e.